The Morgan fingerprint density at radius 3 is 2.40 bits per heavy atom. The Balaban J connectivity index is 2.16. The Labute approximate surface area is 126 Å². The highest BCUT2D eigenvalue weighted by Crippen LogP contribution is 2.32. The fourth-order valence-electron chi connectivity index (χ4n) is 2.10. The lowest BCUT2D eigenvalue weighted by molar-refractivity contribution is -0.118. The first-order valence-corrected chi connectivity index (χ1v) is 7.01. The normalized spacial score (nSPS) is 18.6. The maximum absolute atomic E-state index is 12.1. The highest BCUT2D eigenvalue weighted by atomic mass is 35.5. The molecule has 3 N–H and O–H groups in total. The second-order valence-electron chi connectivity index (χ2n) is 4.61. The Bertz CT molecular complexity index is 519. The third-order valence-electron chi connectivity index (χ3n) is 3.16. The van der Waals surface area contributed by atoms with Gasteiger partial charge in [0, 0.05) is 0 Å². The van der Waals surface area contributed by atoms with E-state index in [-0.39, 0.29) is 33.2 Å². The molecule has 0 unspecified atom stereocenters. The van der Waals surface area contributed by atoms with Gasteiger partial charge in [0.25, 0.3) is 0 Å². The van der Waals surface area contributed by atoms with Gasteiger partial charge in [0.1, 0.15) is 0 Å². The van der Waals surface area contributed by atoms with Crippen LogP contribution in [-0.2, 0) is 4.79 Å². The van der Waals surface area contributed by atoms with E-state index in [1.54, 1.807) is 0 Å². The van der Waals surface area contributed by atoms with Crippen molar-refractivity contribution >= 4 is 40.8 Å². The number of rotatable bonds is 3. The second kappa shape index (κ2) is 6.43. The molecule has 1 aliphatic rings. The maximum atomic E-state index is 12.1. The van der Waals surface area contributed by atoms with Crippen LogP contribution >= 0.6 is 23.2 Å². The van der Waals surface area contributed by atoms with Crippen LogP contribution in [-0.4, -0.2) is 29.6 Å². The summed E-state index contributed by atoms with van der Waals surface area (Å²) in [6.45, 7) is 0.803. The van der Waals surface area contributed by atoms with E-state index in [0.717, 1.165) is 25.8 Å². The lowest BCUT2D eigenvalue weighted by Crippen LogP contribution is -2.43. The standard InChI is InChI=1S/C13H14Cl2N2O3/c14-8-5-7(13(19)20)6-9(15)11(8)17-12(18)10-3-1-2-4-16-10/h5-6,10,16H,1-4H2,(H,17,18)(H,19,20)/t10-/m1/s1. The molecule has 1 saturated heterocycles. The molecular formula is C13H14Cl2N2O3. The average molecular weight is 317 g/mol. The molecule has 0 saturated carbocycles. The first-order chi connectivity index (χ1) is 9.49. The topological polar surface area (TPSA) is 78.4 Å². The molecule has 7 heteroatoms. The van der Waals surface area contributed by atoms with Gasteiger partial charge in [0.15, 0.2) is 0 Å². The lowest BCUT2D eigenvalue weighted by Gasteiger charge is -2.23. The van der Waals surface area contributed by atoms with E-state index in [0.29, 0.717) is 0 Å². The number of benzene rings is 1. The molecule has 5 nitrogen and oxygen atoms in total. The Morgan fingerprint density at radius 1 is 1.25 bits per heavy atom. The predicted molar refractivity (Wildman–Crippen MR) is 77.7 cm³/mol. The first kappa shape index (κ1) is 15.1. The van der Waals surface area contributed by atoms with E-state index in [1.807, 2.05) is 0 Å². The molecule has 1 amide bonds. The minimum absolute atomic E-state index is 0.0196. The summed E-state index contributed by atoms with van der Waals surface area (Å²) >= 11 is 12.0. The van der Waals surface area contributed by atoms with Gasteiger partial charge in [-0.15, -0.1) is 0 Å². The van der Waals surface area contributed by atoms with Gasteiger partial charge in [-0.25, -0.2) is 4.79 Å². The van der Waals surface area contributed by atoms with E-state index in [1.165, 1.54) is 12.1 Å². The molecule has 108 valence electrons. The minimum atomic E-state index is -1.12. The Kier molecular flexibility index (Phi) is 4.86. The fraction of sp³-hybridized carbons (Fsp3) is 0.385. The van der Waals surface area contributed by atoms with Crippen LogP contribution in [0.15, 0.2) is 12.1 Å². The van der Waals surface area contributed by atoms with E-state index in [2.05, 4.69) is 10.6 Å². The first-order valence-electron chi connectivity index (χ1n) is 6.25. The molecule has 20 heavy (non-hydrogen) atoms. The molecule has 0 bridgehead atoms. The summed E-state index contributed by atoms with van der Waals surface area (Å²) in [7, 11) is 0. The molecule has 1 aliphatic heterocycles. The third-order valence-corrected chi connectivity index (χ3v) is 3.76. The summed E-state index contributed by atoms with van der Waals surface area (Å²) in [6, 6.07) is 2.26. The zero-order chi connectivity index (χ0) is 14.7. The minimum Gasteiger partial charge on any atom is -0.478 e. The van der Waals surface area contributed by atoms with Gasteiger partial charge < -0.3 is 15.7 Å². The van der Waals surface area contributed by atoms with Crippen molar-refractivity contribution in [1.82, 2.24) is 5.32 Å². The zero-order valence-corrected chi connectivity index (χ0v) is 12.1. The Morgan fingerprint density at radius 2 is 1.90 bits per heavy atom. The van der Waals surface area contributed by atoms with Crippen LogP contribution in [0.4, 0.5) is 5.69 Å². The van der Waals surface area contributed by atoms with Gasteiger partial charge in [-0.1, -0.05) is 29.6 Å². The van der Waals surface area contributed by atoms with Crippen LogP contribution < -0.4 is 10.6 Å². The van der Waals surface area contributed by atoms with Crippen molar-refractivity contribution in [2.24, 2.45) is 0 Å². The summed E-state index contributed by atoms with van der Waals surface area (Å²) in [4.78, 5) is 23.0. The number of hydrogen-bond acceptors (Lipinski definition) is 3. The quantitative estimate of drug-likeness (QED) is 0.801. The van der Waals surface area contributed by atoms with Crippen molar-refractivity contribution in [3.8, 4) is 0 Å². The smallest absolute Gasteiger partial charge is 0.335 e. The van der Waals surface area contributed by atoms with Crippen LogP contribution in [0.1, 0.15) is 29.6 Å². The molecule has 2 rings (SSSR count). The molecule has 1 atom stereocenters. The van der Waals surface area contributed by atoms with E-state index >= 15 is 0 Å². The summed E-state index contributed by atoms with van der Waals surface area (Å²) < 4.78 is 0. The number of carboxylic acids is 1. The van der Waals surface area contributed by atoms with Crippen LogP contribution in [0, 0.1) is 0 Å². The summed E-state index contributed by atoms with van der Waals surface area (Å²) in [5.41, 5.74) is 0.226. The average Bonchev–Trinajstić information content (AvgIpc) is 2.43. The number of aromatic carboxylic acids is 1. The van der Waals surface area contributed by atoms with Crippen molar-refractivity contribution in [2.75, 3.05) is 11.9 Å². The summed E-state index contributed by atoms with van der Waals surface area (Å²) in [5, 5.41) is 14.9. The van der Waals surface area contributed by atoms with Gasteiger partial charge in [0.2, 0.25) is 5.91 Å². The fourth-order valence-corrected chi connectivity index (χ4v) is 2.68. The molecule has 0 radical (unpaired) electrons. The van der Waals surface area contributed by atoms with Gasteiger partial charge in [0.05, 0.1) is 27.3 Å². The highest BCUT2D eigenvalue weighted by Gasteiger charge is 2.22. The van der Waals surface area contributed by atoms with Crippen molar-refractivity contribution in [1.29, 1.82) is 0 Å². The SMILES string of the molecule is O=C(O)c1cc(Cl)c(NC(=O)[C@H]2CCCCN2)c(Cl)c1. The maximum Gasteiger partial charge on any atom is 0.335 e. The molecule has 1 heterocycles. The highest BCUT2D eigenvalue weighted by molar-refractivity contribution is 6.40. The number of anilines is 1. The van der Waals surface area contributed by atoms with Crippen LogP contribution in [0.2, 0.25) is 10.0 Å². The van der Waals surface area contributed by atoms with E-state index in [4.69, 9.17) is 28.3 Å². The molecule has 1 aromatic carbocycles. The predicted octanol–water partition coefficient (Wildman–Crippen LogP) is 2.77. The van der Waals surface area contributed by atoms with Crippen LogP contribution in [0.3, 0.4) is 0 Å². The van der Waals surface area contributed by atoms with Gasteiger partial charge in [-0.05, 0) is 31.5 Å². The van der Waals surface area contributed by atoms with Crippen LogP contribution in [0.25, 0.3) is 0 Å². The molecular weight excluding hydrogens is 303 g/mol. The summed E-state index contributed by atoms with van der Waals surface area (Å²) in [5.74, 6) is -1.34. The molecule has 0 spiro atoms. The molecule has 0 aliphatic carbocycles. The molecule has 1 fully saturated rings. The monoisotopic (exact) mass is 316 g/mol. The van der Waals surface area contributed by atoms with Gasteiger partial charge in [-0.3, -0.25) is 4.79 Å². The number of piperidine rings is 1. The van der Waals surface area contributed by atoms with Crippen molar-refractivity contribution in [3.05, 3.63) is 27.7 Å². The van der Waals surface area contributed by atoms with Crippen molar-refractivity contribution < 1.29 is 14.7 Å². The lowest BCUT2D eigenvalue weighted by atomic mass is 10.0. The van der Waals surface area contributed by atoms with Crippen molar-refractivity contribution in [3.63, 3.8) is 0 Å². The zero-order valence-electron chi connectivity index (χ0n) is 10.6. The second-order valence-corrected chi connectivity index (χ2v) is 5.43. The van der Waals surface area contributed by atoms with Gasteiger partial charge >= 0.3 is 5.97 Å². The van der Waals surface area contributed by atoms with Crippen LogP contribution in [0.5, 0.6) is 0 Å². The number of carboxylic acid groups (broad SMARTS) is 1. The molecule has 0 aromatic heterocycles. The number of hydrogen-bond donors (Lipinski definition) is 3. The summed E-state index contributed by atoms with van der Waals surface area (Å²) in [6.07, 6.45) is 2.80. The number of nitrogens with one attached hydrogen (secondary N) is 2. The van der Waals surface area contributed by atoms with E-state index < -0.39 is 5.97 Å². The van der Waals surface area contributed by atoms with Gasteiger partial charge in [-0.2, -0.15) is 0 Å². The number of carbonyl (C=O) groups excluding carboxylic acids is 1. The largest absolute Gasteiger partial charge is 0.478 e. The molecule has 1 aromatic rings. The number of amides is 1. The van der Waals surface area contributed by atoms with E-state index in [9.17, 15) is 9.59 Å². The third kappa shape index (κ3) is 3.42. The number of halogens is 2. The Hall–Kier alpha value is -1.30. The number of carbonyl (C=O) groups is 2. The van der Waals surface area contributed by atoms with Crippen molar-refractivity contribution in [2.45, 2.75) is 25.3 Å².